The van der Waals surface area contributed by atoms with Gasteiger partial charge >= 0.3 is 0 Å². The molecule has 0 aliphatic rings. The minimum absolute atomic E-state index is 0.140. The highest BCUT2D eigenvalue weighted by atomic mass is 35.5. The topological polar surface area (TPSA) is 86.9 Å². The predicted octanol–water partition coefficient (Wildman–Crippen LogP) is 3.32. The second kappa shape index (κ2) is 9.84. The zero-order chi connectivity index (χ0) is 18.1. The molecule has 0 bridgehead atoms. The van der Waals surface area contributed by atoms with Gasteiger partial charge in [0, 0.05) is 18.4 Å². The number of anilines is 1. The number of nitrogens with one attached hydrogen (secondary N) is 3. The predicted molar refractivity (Wildman–Crippen MR) is 99.4 cm³/mol. The van der Waals surface area contributed by atoms with Crippen molar-refractivity contribution < 1.29 is 9.59 Å². The normalized spacial score (nSPS) is 11.8. The molecule has 2 aromatic rings. The van der Waals surface area contributed by atoms with Crippen molar-refractivity contribution in [2.45, 2.75) is 38.6 Å². The molecule has 3 N–H and O–H groups in total. The second-order valence-electron chi connectivity index (χ2n) is 5.70. The molecule has 7 heteroatoms. The fourth-order valence-electron chi connectivity index (χ4n) is 2.36. The molecule has 1 heterocycles. The highest BCUT2D eigenvalue weighted by molar-refractivity contribution is 6.17. The van der Waals surface area contributed by atoms with Gasteiger partial charge in [0.2, 0.25) is 11.8 Å². The zero-order valence-corrected chi connectivity index (χ0v) is 15.0. The maximum atomic E-state index is 12.4. The number of carbonyl (C=O) groups is 2. The number of H-pyrrole nitrogens is 1. The molecule has 0 aliphatic heterocycles. The number of alkyl halides is 1. The number of aromatic amines is 1. The van der Waals surface area contributed by atoms with E-state index in [2.05, 4.69) is 20.8 Å². The fraction of sp³-hybridized carbons (Fsp3) is 0.389. The van der Waals surface area contributed by atoms with E-state index in [4.69, 9.17) is 11.6 Å². The standard InChI is InChI=1S/C18H23ClN4O2/c1-2-14(20-17(24)10-6-7-11-19)18(25)21-16-12-15(22-23-16)13-8-4-3-5-9-13/h3-5,8-9,12,14H,2,6-7,10-11H2,1H3,(H,20,24)(H2,21,22,23,25). The monoisotopic (exact) mass is 362 g/mol. The summed E-state index contributed by atoms with van der Waals surface area (Å²) in [6.45, 7) is 1.85. The van der Waals surface area contributed by atoms with Crippen LogP contribution in [-0.2, 0) is 9.59 Å². The third-order valence-electron chi connectivity index (χ3n) is 3.76. The van der Waals surface area contributed by atoms with Gasteiger partial charge in [0.15, 0.2) is 5.82 Å². The van der Waals surface area contributed by atoms with Gasteiger partial charge in [-0.1, -0.05) is 37.3 Å². The van der Waals surface area contributed by atoms with Gasteiger partial charge in [-0.15, -0.1) is 11.6 Å². The van der Waals surface area contributed by atoms with Gasteiger partial charge in [0.05, 0.1) is 5.69 Å². The fourth-order valence-corrected chi connectivity index (χ4v) is 2.55. The molecule has 1 aromatic carbocycles. The summed E-state index contributed by atoms with van der Waals surface area (Å²) in [6, 6.07) is 10.9. The Morgan fingerprint density at radius 2 is 2.00 bits per heavy atom. The number of nitrogens with zero attached hydrogens (tertiary/aromatic N) is 1. The summed E-state index contributed by atoms with van der Waals surface area (Å²) < 4.78 is 0. The number of hydrogen-bond donors (Lipinski definition) is 3. The quantitative estimate of drug-likeness (QED) is 0.472. The van der Waals surface area contributed by atoms with E-state index in [1.807, 2.05) is 37.3 Å². The number of unbranched alkanes of at least 4 members (excludes halogenated alkanes) is 1. The molecule has 134 valence electrons. The molecule has 6 nitrogen and oxygen atoms in total. The third kappa shape index (κ3) is 5.90. The minimum atomic E-state index is -0.583. The lowest BCUT2D eigenvalue weighted by Crippen LogP contribution is -2.43. The molecule has 0 radical (unpaired) electrons. The molecule has 2 rings (SSSR count). The molecule has 0 saturated heterocycles. The van der Waals surface area contributed by atoms with Crippen LogP contribution in [0.15, 0.2) is 36.4 Å². The van der Waals surface area contributed by atoms with Crippen LogP contribution in [0.3, 0.4) is 0 Å². The number of benzene rings is 1. The number of halogens is 1. The van der Waals surface area contributed by atoms with Gasteiger partial charge in [-0.25, -0.2) is 0 Å². The van der Waals surface area contributed by atoms with Crippen LogP contribution >= 0.6 is 11.6 Å². The van der Waals surface area contributed by atoms with Crippen molar-refractivity contribution in [1.29, 1.82) is 0 Å². The van der Waals surface area contributed by atoms with Gasteiger partial charge in [-0.2, -0.15) is 5.10 Å². The van der Waals surface area contributed by atoms with Crippen molar-refractivity contribution >= 4 is 29.2 Å². The summed E-state index contributed by atoms with van der Waals surface area (Å²) in [5.41, 5.74) is 1.80. The van der Waals surface area contributed by atoms with Crippen molar-refractivity contribution in [1.82, 2.24) is 15.5 Å². The van der Waals surface area contributed by atoms with E-state index < -0.39 is 6.04 Å². The number of hydrogen-bond acceptors (Lipinski definition) is 3. The molecular formula is C18H23ClN4O2. The first-order valence-electron chi connectivity index (χ1n) is 8.41. The molecule has 2 amide bonds. The Bertz CT molecular complexity index is 687. The Balaban J connectivity index is 1.91. The number of aromatic nitrogens is 2. The van der Waals surface area contributed by atoms with Gasteiger partial charge in [-0.05, 0) is 24.8 Å². The van der Waals surface area contributed by atoms with Crippen LogP contribution in [0.1, 0.15) is 32.6 Å². The van der Waals surface area contributed by atoms with Gasteiger partial charge < -0.3 is 10.6 Å². The summed E-state index contributed by atoms with van der Waals surface area (Å²) in [5.74, 6) is 0.547. The van der Waals surface area contributed by atoms with Crippen LogP contribution in [0.25, 0.3) is 11.3 Å². The van der Waals surface area contributed by atoms with E-state index in [0.717, 1.165) is 17.7 Å². The maximum Gasteiger partial charge on any atom is 0.248 e. The van der Waals surface area contributed by atoms with Crippen LogP contribution in [0, 0.1) is 0 Å². The lowest BCUT2D eigenvalue weighted by atomic mass is 10.1. The summed E-state index contributed by atoms with van der Waals surface area (Å²) >= 11 is 5.60. The summed E-state index contributed by atoms with van der Waals surface area (Å²) in [4.78, 5) is 24.2. The summed E-state index contributed by atoms with van der Waals surface area (Å²) in [7, 11) is 0. The molecule has 0 aliphatic carbocycles. The van der Waals surface area contributed by atoms with E-state index in [1.54, 1.807) is 6.07 Å². The maximum absolute atomic E-state index is 12.4. The average molecular weight is 363 g/mol. The van der Waals surface area contributed by atoms with Crippen molar-refractivity contribution in [2.24, 2.45) is 0 Å². The molecule has 1 aromatic heterocycles. The van der Waals surface area contributed by atoms with Crippen LogP contribution < -0.4 is 10.6 Å². The van der Waals surface area contributed by atoms with E-state index in [9.17, 15) is 9.59 Å². The summed E-state index contributed by atoms with van der Waals surface area (Å²) in [6.07, 6.45) is 2.38. The van der Waals surface area contributed by atoms with Crippen molar-refractivity contribution in [3.63, 3.8) is 0 Å². The Morgan fingerprint density at radius 1 is 1.24 bits per heavy atom. The molecule has 0 saturated carbocycles. The Labute approximate surface area is 152 Å². The summed E-state index contributed by atoms with van der Waals surface area (Å²) in [5, 5.41) is 12.5. The van der Waals surface area contributed by atoms with Gasteiger partial charge in [0.25, 0.3) is 0 Å². The van der Waals surface area contributed by atoms with Crippen molar-refractivity contribution in [3.05, 3.63) is 36.4 Å². The SMILES string of the molecule is CCC(NC(=O)CCCCCl)C(=O)Nc1cc(-c2ccccc2)[nH]n1. The largest absolute Gasteiger partial charge is 0.344 e. The number of carbonyl (C=O) groups excluding carboxylic acids is 2. The van der Waals surface area contributed by atoms with Gasteiger partial charge in [-0.3, -0.25) is 14.7 Å². The Hall–Kier alpha value is -2.34. The van der Waals surface area contributed by atoms with Gasteiger partial charge in [0.1, 0.15) is 6.04 Å². The molecule has 1 unspecified atom stereocenters. The highest BCUT2D eigenvalue weighted by Gasteiger charge is 2.19. The van der Waals surface area contributed by atoms with Crippen LogP contribution in [0.2, 0.25) is 0 Å². The lowest BCUT2D eigenvalue weighted by molar-refractivity contribution is -0.126. The molecule has 0 spiro atoms. The van der Waals surface area contributed by atoms with E-state index in [1.165, 1.54) is 0 Å². The molecular weight excluding hydrogens is 340 g/mol. The first-order chi connectivity index (χ1) is 12.1. The minimum Gasteiger partial charge on any atom is -0.344 e. The van der Waals surface area contributed by atoms with Crippen LogP contribution in [0.5, 0.6) is 0 Å². The number of amides is 2. The Kier molecular flexibility index (Phi) is 7.47. The average Bonchev–Trinajstić information content (AvgIpc) is 3.09. The van der Waals surface area contributed by atoms with E-state index in [0.29, 0.717) is 31.0 Å². The highest BCUT2D eigenvalue weighted by Crippen LogP contribution is 2.19. The zero-order valence-electron chi connectivity index (χ0n) is 14.2. The smallest absolute Gasteiger partial charge is 0.248 e. The first kappa shape index (κ1) is 19.0. The van der Waals surface area contributed by atoms with Crippen molar-refractivity contribution in [2.75, 3.05) is 11.2 Å². The molecule has 25 heavy (non-hydrogen) atoms. The number of rotatable bonds is 9. The van der Waals surface area contributed by atoms with E-state index >= 15 is 0 Å². The Morgan fingerprint density at radius 3 is 2.68 bits per heavy atom. The third-order valence-corrected chi connectivity index (χ3v) is 4.03. The first-order valence-corrected chi connectivity index (χ1v) is 8.94. The van der Waals surface area contributed by atoms with Crippen LogP contribution in [-0.4, -0.2) is 33.9 Å². The molecule has 0 fully saturated rings. The van der Waals surface area contributed by atoms with Crippen molar-refractivity contribution in [3.8, 4) is 11.3 Å². The van der Waals surface area contributed by atoms with E-state index in [-0.39, 0.29) is 11.8 Å². The lowest BCUT2D eigenvalue weighted by Gasteiger charge is -2.15. The van der Waals surface area contributed by atoms with Crippen LogP contribution in [0.4, 0.5) is 5.82 Å². The molecule has 1 atom stereocenters. The second-order valence-corrected chi connectivity index (χ2v) is 6.07.